The quantitative estimate of drug-likeness (QED) is 0.842. The van der Waals surface area contributed by atoms with Gasteiger partial charge < -0.3 is 15.0 Å². The molecule has 0 radical (unpaired) electrons. The number of ether oxygens (including phenoxy) is 1. The Bertz CT molecular complexity index is 513. The maximum atomic E-state index is 11.8. The molecule has 2 heterocycles. The lowest BCUT2D eigenvalue weighted by molar-refractivity contribution is -0.145. The van der Waals surface area contributed by atoms with Crippen molar-refractivity contribution >= 4 is 11.7 Å². The molecular weight excluding hydrogens is 270 g/mol. The molecular formula is C15H25N3O3. The molecule has 1 aliphatic heterocycles. The molecule has 118 valence electrons. The number of esters is 1. The third-order valence-corrected chi connectivity index (χ3v) is 3.51. The number of likely N-dealkylation sites (tertiary alicyclic amines) is 1. The van der Waals surface area contributed by atoms with Gasteiger partial charge in [-0.3, -0.25) is 14.5 Å². The molecule has 2 rings (SSSR count). The van der Waals surface area contributed by atoms with E-state index in [1.807, 2.05) is 13.8 Å². The van der Waals surface area contributed by atoms with E-state index in [2.05, 4.69) is 4.90 Å². The average molecular weight is 295 g/mol. The number of methoxy groups -OCH3 is 1. The molecule has 0 amide bonds. The van der Waals surface area contributed by atoms with Gasteiger partial charge in [-0.1, -0.05) is 13.8 Å². The summed E-state index contributed by atoms with van der Waals surface area (Å²) >= 11 is 0. The van der Waals surface area contributed by atoms with E-state index in [0.29, 0.717) is 13.1 Å². The van der Waals surface area contributed by atoms with Gasteiger partial charge in [0.1, 0.15) is 6.04 Å². The highest BCUT2D eigenvalue weighted by molar-refractivity contribution is 5.75. The van der Waals surface area contributed by atoms with Gasteiger partial charge in [0.15, 0.2) is 0 Å². The molecule has 0 aliphatic carbocycles. The fourth-order valence-electron chi connectivity index (χ4n) is 2.46. The second-order valence-electron chi connectivity index (χ2n) is 4.68. The minimum Gasteiger partial charge on any atom is -0.468 e. The smallest absolute Gasteiger partial charge is 0.323 e. The molecule has 1 atom stereocenters. The normalized spacial score (nSPS) is 18.0. The van der Waals surface area contributed by atoms with Gasteiger partial charge in [0.25, 0.3) is 5.56 Å². The van der Waals surface area contributed by atoms with Crippen LogP contribution in [0.2, 0.25) is 0 Å². The van der Waals surface area contributed by atoms with Crippen LogP contribution in [0.3, 0.4) is 0 Å². The van der Waals surface area contributed by atoms with E-state index >= 15 is 0 Å². The summed E-state index contributed by atoms with van der Waals surface area (Å²) in [5.41, 5.74) is 5.64. The molecule has 0 spiro atoms. The fourth-order valence-corrected chi connectivity index (χ4v) is 2.46. The summed E-state index contributed by atoms with van der Waals surface area (Å²) in [6.07, 6.45) is 3.51. The lowest BCUT2D eigenvalue weighted by atomic mass is 10.2. The maximum Gasteiger partial charge on any atom is 0.323 e. The summed E-state index contributed by atoms with van der Waals surface area (Å²) in [7, 11) is 1.40. The van der Waals surface area contributed by atoms with E-state index < -0.39 is 0 Å². The molecule has 1 fully saturated rings. The van der Waals surface area contributed by atoms with Gasteiger partial charge in [-0.2, -0.15) is 0 Å². The van der Waals surface area contributed by atoms with E-state index in [1.165, 1.54) is 7.11 Å². The summed E-state index contributed by atoms with van der Waals surface area (Å²) in [5.74, 6) is -0.197. The molecule has 1 aromatic heterocycles. The number of pyridine rings is 1. The van der Waals surface area contributed by atoms with Gasteiger partial charge in [-0.05, 0) is 31.5 Å². The zero-order valence-corrected chi connectivity index (χ0v) is 13.0. The molecule has 1 aliphatic rings. The van der Waals surface area contributed by atoms with E-state index in [1.54, 1.807) is 22.9 Å². The summed E-state index contributed by atoms with van der Waals surface area (Å²) < 4.78 is 6.36. The maximum absolute atomic E-state index is 11.8. The van der Waals surface area contributed by atoms with Crippen LogP contribution in [0.25, 0.3) is 0 Å². The Labute approximate surface area is 125 Å². The second-order valence-corrected chi connectivity index (χ2v) is 4.68. The standard InChI is InChI=1S/C13H19N3O3.C2H6/c1-19-13(18)11-5-3-6-15(11)8-9-16-7-2-4-10(14)12(16)17;1-2/h2,4,7,11H,3,5-6,8-9,14H2,1H3;1-2H3/t11-;/m1./s1. The first kappa shape index (κ1) is 17.2. The molecule has 0 aromatic carbocycles. The third kappa shape index (κ3) is 4.32. The first-order valence-corrected chi connectivity index (χ1v) is 7.40. The molecule has 0 bridgehead atoms. The number of carbonyl (C=O) groups excluding carboxylic acids is 1. The number of carbonyl (C=O) groups is 1. The lowest BCUT2D eigenvalue weighted by Gasteiger charge is -2.22. The Morgan fingerprint density at radius 2 is 2.14 bits per heavy atom. The molecule has 6 heteroatoms. The SMILES string of the molecule is CC.COC(=O)[C@H]1CCCN1CCn1cccc(N)c1=O. The van der Waals surface area contributed by atoms with Gasteiger partial charge in [-0.15, -0.1) is 0 Å². The largest absolute Gasteiger partial charge is 0.468 e. The Morgan fingerprint density at radius 3 is 2.81 bits per heavy atom. The van der Waals surface area contributed by atoms with Crippen molar-refractivity contribution in [2.75, 3.05) is 25.9 Å². The zero-order chi connectivity index (χ0) is 15.8. The zero-order valence-electron chi connectivity index (χ0n) is 13.0. The monoisotopic (exact) mass is 295 g/mol. The van der Waals surface area contributed by atoms with Crippen LogP contribution in [0.5, 0.6) is 0 Å². The van der Waals surface area contributed by atoms with E-state index in [9.17, 15) is 9.59 Å². The summed E-state index contributed by atoms with van der Waals surface area (Å²) in [6, 6.07) is 3.16. The number of aromatic nitrogens is 1. The highest BCUT2D eigenvalue weighted by Crippen LogP contribution is 2.17. The van der Waals surface area contributed by atoms with Crippen LogP contribution in [0.1, 0.15) is 26.7 Å². The van der Waals surface area contributed by atoms with E-state index in [0.717, 1.165) is 19.4 Å². The van der Waals surface area contributed by atoms with Crippen molar-refractivity contribution in [1.29, 1.82) is 0 Å². The van der Waals surface area contributed by atoms with Crippen molar-refractivity contribution in [3.8, 4) is 0 Å². The van der Waals surface area contributed by atoms with Gasteiger partial charge >= 0.3 is 5.97 Å². The van der Waals surface area contributed by atoms with Crippen LogP contribution in [-0.2, 0) is 16.1 Å². The molecule has 2 N–H and O–H groups in total. The molecule has 21 heavy (non-hydrogen) atoms. The Morgan fingerprint density at radius 1 is 1.43 bits per heavy atom. The minimum absolute atomic E-state index is 0.179. The fraction of sp³-hybridized carbons (Fsp3) is 0.600. The van der Waals surface area contributed by atoms with Crippen LogP contribution < -0.4 is 11.3 Å². The highest BCUT2D eigenvalue weighted by atomic mass is 16.5. The Kier molecular flexibility index (Phi) is 6.94. The topological polar surface area (TPSA) is 77.6 Å². The molecule has 1 aromatic rings. The Hall–Kier alpha value is -1.82. The number of hydrogen-bond donors (Lipinski definition) is 1. The number of hydrogen-bond acceptors (Lipinski definition) is 5. The summed E-state index contributed by atoms with van der Waals surface area (Å²) in [4.78, 5) is 25.4. The number of nitrogens with two attached hydrogens (primary N) is 1. The third-order valence-electron chi connectivity index (χ3n) is 3.51. The number of anilines is 1. The van der Waals surface area contributed by atoms with E-state index in [4.69, 9.17) is 10.5 Å². The summed E-state index contributed by atoms with van der Waals surface area (Å²) in [6.45, 7) is 6.03. The number of rotatable bonds is 4. The van der Waals surface area contributed by atoms with Crippen LogP contribution in [-0.4, -0.2) is 41.7 Å². The van der Waals surface area contributed by atoms with Gasteiger partial charge in [0.05, 0.1) is 12.8 Å². The predicted molar refractivity (Wildman–Crippen MR) is 83.1 cm³/mol. The number of nitrogen functional groups attached to an aromatic ring is 1. The van der Waals surface area contributed by atoms with Crippen LogP contribution in [0, 0.1) is 0 Å². The minimum atomic E-state index is -0.197. The second kappa shape index (κ2) is 8.46. The molecule has 6 nitrogen and oxygen atoms in total. The van der Waals surface area contributed by atoms with E-state index in [-0.39, 0.29) is 23.3 Å². The van der Waals surface area contributed by atoms with Crippen molar-refractivity contribution in [2.45, 2.75) is 39.3 Å². The molecule has 0 unspecified atom stereocenters. The van der Waals surface area contributed by atoms with Gasteiger partial charge in [-0.25, -0.2) is 0 Å². The van der Waals surface area contributed by atoms with Crippen molar-refractivity contribution in [1.82, 2.24) is 9.47 Å². The van der Waals surface area contributed by atoms with Crippen LogP contribution >= 0.6 is 0 Å². The molecule has 0 saturated carbocycles. The number of nitrogens with zero attached hydrogens (tertiary/aromatic N) is 2. The van der Waals surface area contributed by atoms with Gasteiger partial charge in [0.2, 0.25) is 0 Å². The predicted octanol–water partition coefficient (Wildman–Crippen LogP) is 1.09. The van der Waals surface area contributed by atoms with Crippen LogP contribution in [0.15, 0.2) is 23.1 Å². The van der Waals surface area contributed by atoms with Crippen molar-refractivity contribution in [3.63, 3.8) is 0 Å². The van der Waals surface area contributed by atoms with Gasteiger partial charge in [0, 0.05) is 19.3 Å². The first-order valence-electron chi connectivity index (χ1n) is 7.40. The highest BCUT2D eigenvalue weighted by Gasteiger charge is 2.30. The Balaban J connectivity index is 0.00000106. The van der Waals surface area contributed by atoms with Crippen molar-refractivity contribution in [3.05, 3.63) is 28.7 Å². The van der Waals surface area contributed by atoms with Crippen LogP contribution in [0.4, 0.5) is 5.69 Å². The average Bonchev–Trinajstić information content (AvgIpc) is 2.98. The summed E-state index contributed by atoms with van der Waals surface area (Å²) in [5, 5.41) is 0. The lowest BCUT2D eigenvalue weighted by Crippen LogP contribution is -2.39. The first-order chi connectivity index (χ1) is 10.1. The van der Waals surface area contributed by atoms with Crippen molar-refractivity contribution < 1.29 is 9.53 Å². The van der Waals surface area contributed by atoms with Crippen molar-refractivity contribution in [2.24, 2.45) is 0 Å². The molecule has 1 saturated heterocycles.